The Hall–Kier alpha value is -2.10. The van der Waals surface area contributed by atoms with Crippen molar-refractivity contribution in [1.82, 2.24) is 5.32 Å². The molecule has 2 aliphatic rings. The fraction of sp³-hybridized carbons (Fsp3) is 0.708. The van der Waals surface area contributed by atoms with Crippen LogP contribution < -0.4 is 10.8 Å². The summed E-state index contributed by atoms with van der Waals surface area (Å²) in [6, 6.07) is 7.61. The average molecular weight is 472 g/mol. The third-order valence-electron chi connectivity index (χ3n) is 7.51. The van der Waals surface area contributed by atoms with Gasteiger partial charge in [0.05, 0.1) is 30.0 Å². The molecule has 0 radical (unpaired) electrons. The molecule has 1 amide bonds. The van der Waals surface area contributed by atoms with Crippen molar-refractivity contribution in [2.75, 3.05) is 6.54 Å². The number of amides is 1. The fourth-order valence-electron chi connectivity index (χ4n) is 4.36. The molecule has 2 aliphatic heterocycles. The van der Waals surface area contributed by atoms with Gasteiger partial charge in [-0.15, -0.1) is 0 Å². The molecule has 5 atom stereocenters. The zero-order chi connectivity index (χ0) is 25.1. The van der Waals surface area contributed by atoms with Crippen LogP contribution in [0.15, 0.2) is 29.4 Å². The van der Waals surface area contributed by atoms with E-state index in [1.165, 1.54) is 0 Å². The first-order valence-corrected chi connectivity index (χ1v) is 12.0. The summed E-state index contributed by atoms with van der Waals surface area (Å²) in [5.41, 5.74) is 9.64. The Balaban J connectivity index is 1.66. The third kappa shape index (κ3) is 5.75. The maximum atomic E-state index is 12.2. The number of benzene rings is 1. The first-order chi connectivity index (χ1) is 16.0. The lowest BCUT2D eigenvalue weighted by molar-refractivity contribution is -0.240. The van der Waals surface area contributed by atoms with Crippen LogP contribution in [0.4, 0.5) is 0 Å². The second kappa shape index (κ2) is 10.7. The first kappa shape index (κ1) is 26.5. The molecule has 0 aromatic heterocycles. The molecule has 2 heterocycles. The number of nitrogens with zero attached hydrogens (tertiary/aromatic N) is 3. The minimum Gasteiger partial charge on any atom is -0.399 e. The summed E-state index contributed by atoms with van der Waals surface area (Å²) in [6.07, 6.45) is 0.290. The van der Waals surface area contributed by atoms with Crippen LogP contribution in [0, 0.1) is 11.8 Å². The number of azide groups is 1. The van der Waals surface area contributed by atoms with E-state index in [4.69, 9.17) is 24.3 Å². The van der Waals surface area contributed by atoms with Gasteiger partial charge in [-0.05, 0) is 62.5 Å². The predicted molar refractivity (Wildman–Crippen MR) is 130 cm³/mol. The summed E-state index contributed by atoms with van der Waals surface area (Å²) in [5, 5.41) is 6.30. The lowest BCUT2D eigenvalue weighted by Crippen LogP contribution is -2.58. The van der Waals surface area contributed by atoms with Crippen LogP contribution in [-0.4, -0.2) is 49.2 Å². The van der Waals surface area contributed by atoms with Gasteiger partial charge in [-0.2, -0.15) is 0 Å². The molecule has 3 rings (SSSR count). The Kier molecular flexibility index (Phi) is 8.32. The summed E-state index contributed by atoms with van der Waals surface area (Å²) < 4.78 is 24.6. The molecule has 0 bridgehead atoms. The number of ether oxygens (including phenoxy) is 2. The molecule has 0 aliphatic carbocycles. The summed E-state index contributed by atoms with van der Waals surface area (Å²) in [5.74, 6) is 0.0269. The summed E-state index contributed by atoms with van der Waals surface area (Å²) >= 11 is 0. The highest BCUT2D eigenvalue weighted by atomic mass is 16.7. The molecular weight excluding hydrogens is 435 g/mol. The number of rotatable bonds is 8. The fourth-order valence-corrected chi connectivity index (χ4v) is 4.36. The number of carbonyl (C=O) groups is 1. The molecule has 1 aromatic rings. The minimum absolute atomic E-state index is 0.0380. The van der Waals surface area contributed by atoms with Crippen molar-refractivity contribution in [3.63, 3.8) is 0 Å². The van der Waals surface area contributed by atoms with Crippen LogP contribution in [0.25, 0.3) is 10.4 Å². The number of nitrogens with one attached hydrogen (secondary N) is 1. The van der Waals surface area contributed by atoms with Crippen molar-refractivity contribution in [3.8, 4) is 0 Å². The lowest BCUT2D eigenvalue weighted by atomic mass is 9.79. The van der Waals surface area contributed by atoms with E-state index in [9.17, 15) is 4.79 Å². The molecule has 9 nitrogen and oxygen atoms in total. The molecule has 0 saturated carbocycles. The van der Waals surface area contributed by atoms with E-state index < -0.39 is 13.4 Å². The lowest BCUT2D eigenvalue weighted by Gasteiger charge is -2.44. The topological polar surface area (TPSA) is 115 Å². The third-order valence-corrected chi connectivity index (χ3v) is 7.51. The molecule has 1 aromatic carbocycles. The molecule has 10 heteroatoms. The van der Waals surface area contributed by atoms with Gasteiger partial charge in [0.1, 0.15) is 6.54 Å². The van der Waals surface area contributed by atoms with Crippen LogP contribution in [-0.2, 0) is 30.2 Å². The van der Waals surface area contributed by atoms with Gasteiger partial charge in [0.2, 0.25) is 5.91 Å². The van der Waals surface area contributed by atoms with Gasteiger partial charge >= 0.3 is 7.12 Å². The monoisotopic (exact) mass is 472 g/mol. The average Bonchev–Trinajstić information content (AvgIpc) is 3.02. The zero-order valence-corrected chi connectivity index (χ0v) is 21.3. The zero-order valence-electron chi connectivity index (χ0n) is 21.3. The van der Waals surface area contributed by atoms with Crippen molar-refractivity contribution < 1.29 is 23.6 Å². The predicted octanol–water partition coefficient (Wildman–Crippen LogP) is 3.70. The maximum absolute atomic E-state index is 12.2. The van der Waals surface area contributed by atoms with Crippen LogP contribution >= 0.6 is 0 Å². The first-order valence-electron chi connectivity index (χ1n) is 12.0. The Morgan fingerprint density at radius 2 is 1.76 bits per heavy atom. The molecule has 186 valence electrons. The van der Waals surface area contributed by atoms with E-state index in [0.29, 0.717) is 6.61 Å². The molecule has 2 fully saturated rings. The minimum atomic E-state index is -0.603. The maximum Gasteiger partial charge on any atom is 0.494 e. The Morgan fingerprint density at radius 3 is 2.32 bits per heavy atom. The van der Waals surface area contributed by atoms with Gasteiger partial charge in [-0.3, -0.25) is 4.79 Å². The Morgan fingerprint density at radius 1 is 1.15 bits per heavy atom. The van der Waals surface area contributed by atoms with Gasteiger partial charge in [0, 0.05) is 4.91 Å². The number of hydrogen-bond acceptors (Lipinski definition) is 6. The smallest absolute Gasteiger partial charge is 0.399 e. The highest BCUT2D eigenvalue weighted by Gasteiger charge is 2.51. The van der Waals surface area contributed by atoms with Gasteiger partial charge < -0.3 is 24.1 Å². The van der Waals surface area contributed by atoms with E-state index in [2.05, 4.69) is 36.1 Å². The van der Waals surface area contributed by atoms with Crippen molar-refractivity contribution in [3.05, 3.63) is 40.3 Å². The van der Waals surface area contributed by atoms with Crippen molar-refractivity contribution in [2.24, 2.45) is 17.0 Å². The molecule has 1 N–H and O–H groups in total. The highest BCUT2D eigenvalue weighted by Crippen LogP contribution is 2.36. The van der Waals surface area contributed by atoms with E-state index >= 15 is 0 Å². The van der Waals surface area contributed by atoms with Crippen LogP contribution in [0.3, 0.4) is 0 Å². The highest BCUT2D eigenvalue weighted by molar-refractivity contribution is 6.62. The molecule has 2 saturated heterocycles. The van der Waals surface area contributed by atoms with Gasteiger partial charge in [0.15, 0.2) is 6.29 Å². The second-order valence-electron chi connectivity index (χ2n) is 10.3. The largest absolute Gasteiger partial charge is 0.494 e. The molecule has 34 heavy (non-hydrogen) atoms. The standard InChI is InChI=1S/C24H37BN4O5/c1-8-19-15(2)16(3)21(28-20(30)13-27-29-26)22(32-19)31-14-17-9-11-18(12-10-17)25-33-23(4,5)24(6,7)34-25/h9-12,15-16,19,21-22H,8,13-14H2,1-7H3,(H,28,30). The van der Waals surface area contributed by atoms with Crippen LogP contribution in [0.2, 0.25) is 0 Å². The number of carbonyl (C=O) groups excluding carboxylic acids is 1. The van der Waals surface area contributed by atoms with Crippen LogP contribution in [0.5, 0.6) is 0 Å². The SMILES string of the molecule is CCC1OC(OCc2ccc(B3OC(C)(C)C(C)(C)O3)cc2)C(NC(=O)CN=[N+]=[N-])C(C)C1C. The van der Waals surface area contributed by atoms with E-state index in [1.807, 2.05) is 52.0 Å². The molecular formula is C24H37BN4O5. The van der Waals surface area contributed by atoms with E-state index in [-0.39, 0.29) is 47.6 Å². The summed E-state index contributed by atoms with van der Waals surface area (Å²) in [7, 11) is -0.412. The van der Waals surface area contributed by atoms with Gasteiger partial charge in [0.25, 0.3) is 0 Å². The molecule has 5 unspecified atom stereocenters. The second-order valence-corrected chi connectivity index (χ2v) is 10.3. The quantitative estimate of drug-likeness (QED) is 0.268. The van der Waals surface area contributed by atoms with Crippen molar-refractivity contribution in [2.45, 2.75) is 91.1 Å². The number of hydrogen-bond donors (Lipinski definition) is 1. The van der Waals surface area contributed by atoms with Gasteiger partial charge in [-0.25, -0.2) is 0 Å². The van der Waals surface area contributed by atoms with Crippen LogP contribution in [0.1, 0.15) is 60.5 Å². The van der Waals surface area contributed by atoms with E-state index in [1.54, 1.807) is 0 Å². The normalized spacial score (nSPS) is 30.0. The summed E-state index contributed by atoms with van der Waals surface area (Å²) in [6.45, 7) is 14.5. The Labute approximate surface area is 202 Å². The summed E-state index contributed by atoms with van der Waals surface area (Å²) in [4.78, 5) is 14.9. The van der Waals surface area contributed by atoms with Gasteiger partial charge in [-0.1, -0.05) is 50.2 Å². The molecule has 0 spiro atoms. The Bertz CT molecular complexity index is 887. The van der Waals surface area contributed by atoms with Crippen molar-refractivity contribution in [1.29, 1.82) is 0 Å². The van der Waals surface area contributed by atoms with E-state index in [0.717, 1.165) is 17.4 Å². The van der Waals surface area contributed by atoms with Crippen molar-refractivity contribution >= 4 is 18.5 Å².